The number of guanidine groups is 1. The molecule has 0 saturated carbocycles. The van der Waals surface area contributed by atoms with Crippen LogP contribution in [0, 0.1) is 6.92 Å². The van der Waals surface area contributed by atoms with E-state index < -0.39 is 5.60 Å². The molecule has 0 aliphatic heterocycles. The molecule has 0 fully saturated rings. The van der Waals surface area contributed by atoms with E-state index in [0.717, 1.165) is 23.5 Å². The Hall–Kier alpha value is -2.47. The molecule has 0 saturated heterocycles. The van der Waals surface area contributed by atoms with E-state index >= 15 is 0 Å². The molecule has 0 bridgehead atoms. The maximum atomic E-state index is 10.6. The van der Waals surface area contributed by atoms with Crippen molar-refractivity contribution in [2.75, 3.05) is 19.6 Å². The number of aryl methyl sites for hydroxylation is 1. The molecule has 0 amide bonds. The topological polar surface area (TPSA) is 82.9 Å². The first-order valence-electron chi connectivity index (χ1n) is 8.35. The maximum absolute atomic E-state index is 10.6. The zero-order chi connectivity index (χ0) is 18.3. The number of aliphatic imine (C=N–C) groups is 1. The fourth-order valence-electron chi connectivity index (χ4n) is 2.20. The first-order chi connectivity index (χ1) is 11.9. The lowest BCUT2D eigenvalue weighted by Crippen LogP contribution is -2.40. The summed E-state index contributed by atoms with van der Waals surface area (Å²) in [5.41, 5.74) is -0.179. The molecular formula is C19H27N3O3. The van der Waals surface area contributed by atoms with Gasteiger partial charge in [0.2, 0.25) is 0 Å². The van der Waals surface area contributed by atoms with Gasteiger partial charge in [0.05, 0.1) is 12.8 Å². The minimum Gasteiger partial charge on any atom is -0.469 e. The third kappa shape index (κ3) is 6.15. The third-order valence-corrected chi connectivity index (χ3v) is 3.62. The molecule has 0 aromatic carbocycles. The number of aliphatic hydroxyl groups is 1. The van der Waals surface area contributed by atoms with E-state index in [1.807, 2.05) is 32.0 Å². The Bertz CT molecular complexity index is 699. The molecule has 6 nitrogen and oxygen atoms in total. The number of nitrogens with one attached hydrogen (secondary N) is 2. The molecule has 0 aliphatic carbocycles. The maximum Gasteiger partial charge on any atom is 0.191 e. The van der Waals surface area contributed by atoms with Crippen molar-refractivity contribution in [2.45, 2.75) is 32.8 Å². The van der Waals surface area contributed by atoms with Crippen molar-refractivity contribution in [3.8, 4) is 0 Å². The highest BCUT2D eigenvalue weighted by molar-refractivity contribution is 5.80. The lowest BCUT2D eigenvalue weighted by atomic mass is 10.0. The Kier molecular flexibility index (Phi) is 6.47. The van der Waals surface area contributed by atoms with Gasteiger partial charge in [-0.1, -0.05) is 12.2 Å². The quantitative estimate of drug-likeness (QED) is 0.389. The highest BCUT2D eigenvalue weighted by atomic mass is 16.4. The molecular weight excluding hydrogens is 318 g/mol. The van der Waals surface area contributed by atoms with Crippen LogP contribution in [0.25, 0.3) is 0 Å². The summed E-state index contributed by atoms with van der Waals surface area (Å²) in [6.07, 6.45) is 2.40. The first-order valence-corrected chi connectivity index (χ1v) is 8.35. The monoisotopic (exact) mass is 345 g/mol. The predicted octanol–water partition coefficient (Wildman–Crippen LogP) is 2.74. The van der Waals surface area contributed by atoms with Gasteiger partial charge >= 0.3 is 0 Å². The Morgan fingerprint density at radius 2 is 2.12 bits per heavy atom. The highest BCUT2D eigenvalue weighted by Gasteiger charge is 2.26. The minimum atomic E-state index is -1.17. The van der Waals surface area contributed by atoms with Crippen LogP contribution in [0.15, 0.2) is 56.5 Å². The van der Waals surface area contributed by atoms with Crippen molar-refractivity contribution in [2.24, 2.45) is 4.99 Å². The lowest BCUT2D eigenvalue weighted by molar-refractivity contribution is 0.0428. The smallest absolute Gasteiger partial charge is 0.191 e. The summed E-state index contributed by atoms with van der Waals surface area (Å²) in [7, 11) is 0. The molecule has 0 aliphatic rings. The van der Waals surface area contributed by atoms with Gasteiger partial charge < -0.3 is 24.6 Å². The zero-order valence-electron chi connectivity index (χ0n) is 15.1. The van der Waals surface area contributed by atoms with Crippen molar-refractivity contribution in [1.29, 1.82) is 0 Å². The molecule has 0 spiro atoms. The number of furan rings is 2. The fraction of sp³-hybridized carbons (Fsp3) is 0.421. The Labute approximate surface area is 148 Å². The number of hydrogen-bond donors (Lipinski definition) is 3. The zero-order valence-corrected chi connectivity index (χ0v) is 15.1. The van der Waals surface area contributed by atoms with Crippen molar-refractivity contribution in [3.05, 3.63) is 60.0 Å². The van der Waals surface area contributed by atoms with Gasteiger partial charge in [0.1, 0.15) is 22.9 Å². The largest absolute Gasteiger partial charge is 0.469 e. The Balaban J connectivity index is 1.97. The average Bonchev–Trinajstić information content (AvgIpc) is 3.21. The molecule has 3 N–H and O–H groups in total. The summed E-state index contributed by atoms with van der Waals surface area (Å²) in [6, 6.07) is 7.40. The lowest BCUT2D eigenvalue weighted by Gasteiger charge is -2.20. The van der Waals surface area contributed by atoms with Crippen LogP contribution >= 0.6 is 0 Å². The molecule has 2 aromatic heterocycles. The van der Waals surface area contributed by atoms with Gasteiger partial charge in [0, 0.05) is 19.5 Å². The van der Waals surface area contributed by atoms with Gasteiger partial charge in [0.25, 0.3) is 0 Å². The first kappa shape index (κ1) is 18.9. The van der Waals surface area contributed by atoms with E-state index in [9.17, 15) is 5.11 Å². The van der Waals surface area contributed by atoms with E-state index in [0.29, 0.717) is 24.8 Å². The van der Waals surface area contributed by atoms with Gasteiger partial charge in [-0.3, -0.25) is 0 Å². The van der Waals surface area contributed by atoms with Gasteiger partial charge in [-0.25, -0.2) is 4.99 Å². The van der Waals surface area contributed by atoms with Crippen molar-refractivity contribution >= 4 is 5.96 Å². The van der Waals surface area contributed by atoms with Crippen molar-refractivity contribution in [1.82, 2.24) is 10.6 Å². The number of rotatable bonds is 8. The van der Waals surface area contributed by atoms with Crippen LogP contribution < -0.4 is 10.6 Å². The second-order valence-electron chi connectivity index (χ2n) is 6.42. The number of hydrogen-bond acceptors (Lipinski definition) is 4. The molecule has 2 heterocycles. The van der Waals surface area contributed by atoms with Gasteiger partial charge in [-0.2, -0.15) is 0 Å². The van der Waals surface area contributed by atoms with Crippen LogP contribution in [0.4, 0.5) is 0 Å². The van der Waals surface area contributed by atoms with Crippen LogP contribution in [0.5, 0.6) is 0 Å². The van der Waals surface area contributed by atoms with Crippen molar-refractivity contribution < 1.29 is 13.9 Å². The number of nitrogens with zero attached hydrogens (tertiary/aromatic N) is 1. The SMILES string of the molecule is C=C(C)CNC(=NCC(C)(O)c1ccc(C)o1)NCCc1ccco1. The second kappa shape index (κ2) is 8.58. The summed E-state index contributed by atoms with van der Waals surface area (Å²) in [5.74, 6) is 2.78. The van der Waals surface area contributed by atoms with Crippen LogP contribution in [0.3, 0.4) is 0 Å². The average molecular weight is 345 g/mol. The van der Waals surface area contributed by atoms with Crippen LogP contribution in [-0.4, -0.2) is 30.7 Å². The second-order valence-corrected chi connectivity index (χ2v) is 6.42. The summed E-state index contributed by atoms with van der Waals surface area (Å²) in [5, 5.41) is 17.0. The highest BCUT2D eigenvalue weighted by Crippen LogP contribution is 2.23. The standard InChI is InChI=1S/C19H27N3O3/c1-14(2)12-21-18(20-10-9-16-6-5-11-24-16)22-13-19(4,23)17-8-7-15(3)25-17/h5-8,11,23H,1,9-10,12-13H2,2-4H3,(H2,20,21,22). The molecule has 25 heavy (non-hydrogen) atoms. The van der Waals surface area contributed by atoms with E-state index in [1.165, 1.54) is 0 Å². The molecule has 2 rings (SSSR count). The Morgan fingerprint density at radius 3 is 2.72 bits per heavy atom. The molecule has 6 heteroatoms. The summed E-state index contributed by atoms with van der Waals surface area (Å²) >= 11 is 0. The van der Waals surface area contributed by atoms with Gasteiger partial charge in [-0.15, -0.1) is 0 Å². The van der Waals surface area contributed by atoms with Gasteiger partial charge in [0.15, 0.2) is 5.96 Å². The predicted molar refractivity (Wildman–Crippen MR) is 98.5 cm³/mol. The van der Waals surface area contributed by atoms with E-state index in [2.05, 4.69) is 22.2 Å². The summed E-state index contributed by atoms with van der Waals surface area (Å²) < 4.78 is 10.8. The van der Waals surface area contributed by atoms with Crippen LogP contribution in [0.2, 0.25) is 0 Å². The normalized spacial score (nSPS) is 14.2. The van der Waals surface area contributed by atoms with E-state index in [-0.39, 0.29) is 6.54 Å². The van der Waals surface area contributed by atoms with Gasteiger partial charge in [-0.05, 0) is 45.0 Å². The molecule has 136 valence electrons. The Morgan fingerprint density at radius 1 is 1.32 bits per heavy atom. The minimum absolute atomic E-state index is 0.173. The fourth-order valence-corrected chi connectivity index (χ4v) is 2.20. The summed E-state index contributed by atoms with van der Waals surface area (Å²) in [4.78, 5) is 4.48. The third-order valence-electron chi connectivity index (χ3n) is 3.62. The van der Waals surface area contributed by atoms with Crippen LogP contribution in [-0.2, 0) is 12.0 Å². The molecule has 2 aromatic rings. The molecule has 1 atom stereocenters. The molecule has 0 radical (unpaired) electrons. The van der Waals surface area contributed by atoms with E-state index in [1.54, 1.807) is 19.3 Å². The van der Waals surface area contributed by atoms with E-state index in [4.69, 9.17) is 8.83 Å². The summed E-state index contributed by atoms with van der Waals surface area (Å²) in [6.45, 7) is 10.8. The van der Waals surface area contributed by atoms with Crippen molar-refractivity contribution in [3.63, 3.8) is 0 Å². The van der Waals surface area contributed by atoms with Crippen LogP contribution in [0.1, 0.15) is 31.1 Å². The molecule has 1 unspecified atom stereocenters.